The van der Waals surface area contributed by atoms with Gasteiger partial charge in [0.1, 0.15) is 6.10 Å². The molecular weight excluding hydrogens is 316 g/mol. The van der Waals surface area contributed by atoms with Gasteiger partial charge in [-0.1, -0.05) is 44.8 Å². The molecule has 3 rings (SSSR count). The quantitative estimate of drug-likeness (QED) is 0.370. The number of hydrogen-bond donors (Lipinski definition) is 0. The zero-order valence-electron chi connectivity index (χ0n) is 15.5. The van der Waals surface area contributed by atoms with Gasteiger partial charge >= 0.3 is 11.9 Å². The van der Waals surface area contributed by atoms with Crippen LogP contribution in [-0.2, 0) is 19.1 Å². The number of rotatable bonds is 8. The summed E-state index contributed by atoms with van der Waals surface area (Å²) in [6.07, 6.45) is 13.8. The fourth-order valence-corrected chi connectivity index (χ4v) is 4.67. The molecule has 2 bridgehead atoms. The molecule has 0 aromatic heterocycles. The third-order valence-corrected chi connectivity index (χ3v) is 6.14. The van der Waals surface area contributed by atoms with Gasteiger partial charge in [-0.25, -0.2) is 0 Å². The van der Waals surface area contributed by atoms with E-state index in [2.05, 4.69) is 19.1 Å². The van der Waals surface area contributed by atoms with Crippen LogP contribution >= 0.6 is 0 Å². The topological polar surface area (TPSA) is 52.6 Å². The van der Waals surface area contributed by atoms with E-state index in [-0.39, 0.29) is 36.3 Å². The minimum absolute atomic E-state index is 0.0292. The summed E-state index contributed by atoms with van der Waals surface area (Å²) in [6.45, 7) is 2.54. The Labute approximate surface area is 151 Å². The van der Waals surface area contributed by atoms with E-state index >= 15 is 0 Å². The first-order valence-electron chi connectivity index (χ1n) is 10.2. The van der Waals surface area contributed by atoms with Crippen molar-refractivity contribution in [3.05, 3.63) is 12.2 Å². The monoisotopic (exact) mass is 348 g/mol. The molecule has 0 aromatic rings. The Morgan fingerprint density at radius 1 is 1.12 bits per heavy atom. The van der Waals surface area contributed by atoms with Crippen molar-refractivity contribution in [1.29, 1.82) is 0 Å². The Morgan fingerprint density at radius 3 is 2.56 bits per heavy atom. The van der Waals surface area contributed by atoms with Crippen molar-refractivity contribution in [3.8, 4) is 0 Å². The average Bonchev–Trinajstić information content (AvgIpc) is 3.25. The van der Waals surface area contributed by atoms with Gasteiger partial charge in [-0.05, 0) is 43.9 Å². The van der Waals surface area contributed by atoms with Crippen LogP contribution in [0.4, 0.5) is 0 Å². The van der Waals surface area contributed by atoms with Gasteiger partial charge in [-0.15, -0.1) is 0 Å². The molecule has 4 heteroatoms. The highest BCUT2D eigenvalue weighted by molar-refractivity contribution is 5.74. The van der Waals surface area contributed by atoms with E-state index < -0.39 is 0 Å². The van der Waals surface area contributed by atoms with Crippen LogP contribution in [0, 0.1) is 23.7 Å². The highest BCUT2D eigenvalue weighted by Gasteiger charge is 2.43. The first-order chi connectivity index (χ1) is 12.2. The van der Waals surface area contributed by atoms with E-state index in [1.807, 2.05) is 0 Å². The predicted molar refractivity (Wildman–Crippen MR) is 95.8 cm³/mol. The highest BCUT2D eigenvalue weighted by atomic mass is 16.6. The third-order valence-electron chi connectivity index (χ3n) is 6.14. The summed E-state index contributed by atoms with van der Waals surface area (Å²) < 4.78 is 11.3. The molecular formula is C21H32O4. The number of fused-ring (bicyclic) bond motifs is 2. The molecule has 2 saturated carbocycles. The molecule has 0 radical (unpaired) electrons. The molecule has 0 aliphatic heterocycles. The summed E-state index contributed by atoms with van der Waals surface area (Å²) in [5, 5.41) is 0. The zero-order chi connectivity index (χ0) is 17.6. The van der Waals surface area contributed by atoms with Crippen LogP contribution in [0.1, 0.15) is 71.1 Å². The maximum atomic E-state index is 12.6. The summed E-state index contributed by atoms with van der Waals surface area (Å²) in [4.78, 5) is 24.8. The summed E-state index contributed by atoms with van der Waals surface area (Å²) >= 11 is 0. The summed E-state index contributed by atoms with van der Waals surface area (Å²) in [7, 11) is 0. The molecule has 4 nitrogen and oxygen atoms in total. The van der Waals surface area contributed by atoms with Gasteiger partial charge in [0.05, 0.1) is 18.9 Å². The lowest BCUT2D eigenvalue weighted by atomic mass is 9.86. The Morgan fingerprint density at radius 2 is 1.92 bits per heavy atom. The van der Waals surface area contributed by atoms with E-state index in [9.17, 15) is 9.59 Å². The van der Waals surface area contributed by atoms with Crippen LogP contribution < -0.4 is 0 Å². The molecule has 2 fully saturated rings. The maximum Gasteiger partial charge on any atom is 0.309 e. The Balaban J connectivity index is 1.59. The van der Waals surface area contributed by atoms with Crippen LogP contribution in [0.3, 0.4) is 0 Å². The van der Waals surface area contributed by atoms with Crippen molar-refractivity contribution < 1.29 is 19.1 Å². The average molecular weight is 348 g/mol. The van der Waals surface area contributed by atoms with Gasteiger partial charge in [0.15, 0.2) is 0 Å². The minimum Gasteiger partial charge on any atom is -0.466 e. The van der Waals surface area contributed by atoms with Gasteiger partial charge in [0, 0.05) is 5.92 Å². The molecule has 3 aliphatic carbocycles. The van der Waals surface area contributed by atoms with Crippen molar-refractivity contribution in [2.45, 2.75) is 77.2 Å². The lowest BCUT2D eigenvalue weighted by Crippen LogP contribution is -2.35. The fourth-order valence-electron chi connectivity index (χ4n) is 4.67. The Bertz CT molecular complexity index is 492. The van der Waals surface area contributed by atoms with E-state index in [0.29, 0.717) is 18.4 Å². The Hall–Kier alpha value is -1.32. The molecule has 25 heavy (non-hydrogen) atoms. The molecule has 0 N–H and O–H groups in total. The first-order valence-corrected chi connectivity index (χ1v) is 10.2. The van der Waals surface area contributed by atoms with Crippen molar-refractivity contribution in [2.24, 2.45) is 23.7 Å². The standard InChI is InChI=1S/C21H32O4/c1-2-3-11-24-20(22)14-19(18-13-15-9-10-17(18)12-15)25-21(23)16-7-5-4-6-8-16/h9-10,15-19H,2-8,11-14H2,1H3. The number of allylic oxidation sites excluding steroid dienone is 2. The molecule has 4 unspecified atom stereocenters. The van der Waals surface area contributed by atoms with E-state index in [0.717, 1.165) is 51.4 Å². The predicted octanol–water partition coefficient (Wildman–Crippen LogP) is 4.42. The molecule has 3 aliphatic rings. The molecule has 0 aromatic carbocycles. The van der Waals surface area contributed by atoms with E-state index in [4.69, 9.17) is 9.47 Å². The minimum atomic E-state index is -0.316. The van der Waals surface area contributed by atoms with Crippen molar-refractivity contribution >= 4 is 11.9 Å². The lowest BCUT2D eigenvalue weighted by molar-refractivity contribution is -0.163. The molecule has 140 valence electrons. The number of carbonyl (C=O) groups excluding carboxylic acids is 2. The maximum absolute atomic E-state index is 12.6. The van der Waals surface area contributed by atoms with Crippen molar-refractivity contribution in [2.75, 3.05) is 6.61 Å². The van der Waals surface area contributed by atoms with Gasteiger partial charge in [-0.3, -0.25) is 9.59 Å². The SMILES string of the molecule is CCCCOC(=O)CC(OC(=O)C1CCCCC1)C1CC2C=CC1C2. The number of hydrogen-bond acceptors (Lipinski definition) is 4. The summed E-state index contributed by atoms with van der Waals surface area (Å²) in [5.74, 6) is 1.06. The number of ether oxygens (including phenoxy) is 2. The normalized spacial score (nSPS) is 29.6. The van der Waals surface area contributed by atoms with Crippen LogP contribution in [0.15, 0.2) is 12.2 Å². The van der Waals surface area contributed by atoms with Crippen LogP contribution in [0.2, 0.25) is 0 Å². The number of carbonyl (C=O) groups is 2. The van der Waals surface area contributed by atoms with Crippen LogP contribution in [0.25, 0.3) is 0 Å². The molecule has 0 heterocycles. The summed E-state index contributed by atoms with van der Waals surface area (Å²) in [5.41, 5.74) is 0. The largest absolute Gasteiger partial charge is 0.466 e. The van der Waals surface area contributed by atoms with Crippen molar-refractivity contribution in [1.82, 2.24) is 0 Å². The molecule has 0 spiro atoms. The second-order valence-corrected chi connectivity index (χ2v) is 8.03. The van der Waals surface area contributed by atoms with Gasteiger partial charge in [0.2, 0.25) is 0 Å². The first kappa shape index (κ1) is 18.5. The fraction of sp³-hybridized carbons (Fsp3) is 0.810. The van der Waals surface area contributed by atoms with Gasteiger partial charge < -0.3 is 9.47 Å². The number of esters is 2. The second-order valence-electron chi connectivity index (χ2n) is 8.03. The lowest BCUT2D eigenvalue weighted by Gasteiger charge is -2.30. The third kappa shape index (κ3) is 4.86. The smallest absolute Gasteiger partial charge is 0.309 e. The Kier molecular flexibility index (Phi) is 6.55. The van der Waals surface area contributed by atoms with Gasteiger partial charge in [0.25, 0.3) is 0 Å². The number of unbranched alkanes of at least 4 members (excludes halogenated alkanes) is 1. The van der Waals surface area contributed by atoms with Crippen molar-refractivity contribution in [3.63, 3.8) is 0 Å². The molecule has 4 atom stereocenters. The van der Waals surface area contributed by atoms with Gasteiger partial charge in [-0.2, -0.15) is 0 Å². The highest BCUT2D eigenvalue weighted by Crippen LogP contribution is 2.46. The van der Waals surface area contributed by atoms with Crippen LogP contribution in [0.5, 0.6) is 0 Å². The van der Waals surface area contributed by atoms with E-state index in [1.165, 1.54) is 6.42 Å². The van der Waals surface area contributed by atoms with Crippen LogP contribution in [-0.4, -0.2) is 24.6 Å². The van der Waals surface area contributed by atoms with E-state index in [1.54, 1.807) is 0 Å². The second kappa shape index (κ2) is 8.86. The zero-order valence-corrected chi connectivity index (χ0v) is 15.5. The molecule has 0 saturated heterocycles. The molecule has 0 amide bonds. The summed E-state index contributed by atoms with van der Waals surface area (Å²) in [6, 6.07) is 0.